The lowest BCUT2D eigenvalue weighted by Crippen LogP contribution is -2.51. The number of benzene rings is 1. The van der Waals surface area contributed by atoms with E-state index in [4.69, 9.17) is 29.4 Å². The summed E-state index contributed by atoms with van der Waals surface area (Å²) in [7, 11) is 3.30. The van der Waals surface area contributed by atoms with Crippen molar-refractivity contribution in [2.75, 3.05) is 34.0 Å². The monoisotopic (exact) mass is 677 g/mol. The molecule has 0 aromatic heterocycles. The van der Waals surface area contributed by atoms with Crippen LogP contribution >= 0.6 is 0 Å². The molecule has 0 aliphatic carbocycles. The molecule has 1 aliphatic rings. The number of methoxy groups -OCH3 is 2. The van der Waals surface area contributed by atoms with E-state index >= 15 is 0 Å². The molecule has 3 amide bonds. The Morgan fingerprint density at radius 1 is 1.00 bits per heavy atom. The molecular weight excluding hydrogens is 614 g/mol. The molecule has 0 saturated carbocycles. The molecule has 0 spiro atoms. The Bertz CT molecular complexity index is 1200. The molecule has 11 nitrogen and oxygen atoms in total. The van der Waals surface area contributed by atoms with E-state index in [-0.39, 0.29) is 36.2 Å². The van der Waals surface area contributed by atoms with Gasteiger partial charge in [-0.3, -0.25) is 14.5 Å². The van der Waals surface area contributed by atoms with E-state index in [1.165, 1.54) is 0 Å². The zero-order valence-electron chi connectivity index (χ0n) is 31.5. The fraction of sp³-hybridized carbons (Fsp3) is 0.757. The molecule has 274 valence electrons. The van der Waals surface area contributed by atoms with Crippen LogP contribution in [0.3, 0.4) is 0 Å². The molecule has 1 unspecified atom stereocenters. The average Bonchev–Trinajstić information content (AvgIpc) is 3.23. The summed E-state index contributed by atoms with van der Waals surface area (Å²) < 4.78 is 29.4. The van der Waals surface area contributed by atoms with Crippen LogP contribution in [-0.4, -0.2) is 80.3 Å². The van der Waals surface area contributed by atoms with E-state index in [2.05, 4.69) is 25.2 Å². The third-order valence-electron chi connectivity index (χ3n) is 9.03. The fourth-order valence-electron chi connectivity index (χ4n) is 6.17. The van der Waals surface area contributed by atoms with Crippen LogP contribution in [0, 0.1) is 29.6 Å². The molecule has 1 aliphatic heterocycles. The number of primary amides is 1. The molecule has 0 bridgehead atoms. The summed E-state index contributed by atoms with van der Waals surface area (Å²) in [5.41, 5.74) is 4.85. The highest BCUT2D eigenvalue weighted by atomic mass is 16.6. The van der Waals surface area contributed by atoms with Crippen molar-refractivity contribution in [3.8, 4) is 11.5 Å². The number of nitrogens with one attached hydrogen (secondary N) is 1. The summed E-state index contributed by atoms with van der Waals surface area (Å²) in [6.45, 7) is 20.7. The van der Waals surface area contributed by atoms with Crippen LogP contribution in [0.1, 0.15) is 94.1 Å². The predicted octanol–water partition coefficient (Wildman–Crippen LogP) is 5.96. The molecule has 48 heavy (non-hydrogen) atoms. The zero-order chi connectivity index (χ0) is 36.4. The molecule has 2 rings (SSSR count). The van der Waals surface area contributed by atoms with Crippen molar-refractivity contribution in [1.82, 2.24) is 10.2 Å². The van der Waals surface area contributed by atoms with Crippen LogP contribution in [-0.2, 0) is 30.2 Å². The third-order valence-corrected chi connectivity index (χ3v) is 9.03. The van der Waals surface area contributed by atoms with Crippen LogP contribution in [0.4, 0.5) is 4.79 Å². The first-order valence-electron chi connectivity index (χ1n) is 17.4. The van der Waals surface area contributed by atoms with Gasteiger partial charge in [-0.1, -0.05) is 40.7 Å². The Labute approximate surface area is 288 Å². The van der Waals surface area contributed by atoms with Gasteiger partial charge in [0.15, 0.2) is 11.5 Å². The summed E-state index contributed by atoms with van der Waals surface area (Å²) in [6, 6.07) is 5.66. The molecule has 3 N–H and O–H groups in total. The first-order chi connectivity index (χ1) is 22.3. The van der Waals surface area contributed by atoms with Crippen molar-refractivity contribution in [2.24, 2.45) is 35.3 Å². The molecule has 1 fully saturated rings. The second-order valence-corrected chi connectivity index (χ2v) is 15.3. The van der Waals surface area contributed by atoms with Crippen LogP contribution in [0.2, 0.25) is 0 Å². The standard InChI is InChI=1S/C37H63N3O8/c1-23(2)27(18-26-14-15-30(45-12)32(19-26)46-17-13-16-44-11)20-29-31(47-37(9,10)40(29)35(43)48-36(6,7)8)21-28(24(3)4)34(42)39-22-25(5)33(38)41/h14-15,19,23-25,27-29,31H,13,16-18,20-22H2,1-12H3,(H2,38,41)(H,39,42)/t25?,27-,28-,29-,31-/m0/s1. The summed E-state index contributed by atoms with van der Waals surface area (Å²) in [5, 5.41) is 2.92. The quantitative estimate of drug-likeness (QED) is 0.182. The van der Waals surface area contributed by atoms with Gasteiger partial charge in [-0.2, -0.15) is 0 Å². The molecule has 11 heteroatoms. The SMILES string of the molecule is COCCCOc1cc(C[C@@H](C[C@H]2[C@H](C[C@H](C(=O)NCC(C)C(N)=O)C(C)C)OC(C)(C)N2C(=O)OC(C)(C)C)C(C)C)ccc1OC. The lowest BCUT2D eigenvalue weighted by atomic mass is 9.80. The minimum absolute atomic E-state index is 0.0145. The first kappa shape index (κ1) is 41.1. The van der Waals surface area contributed by atoms with Crippen LogP contribution in [0.15, 0.2) is 18.2 Å². The normalized spacial score (nSPS) is 19.6. The van der Waals surface area contributed by atoms with E-state index in [0.29, 0.717) is 37.6 Å². The Hall–Kier alpha value is -3.05. The summed E-state index contributed by atoms with van der Waals surface area (Å²) in [6.07, 6.45) is 1.65. The second-order valence-electron chi connectivity index (χ2n) is 15.3. The van der Waals surface area contributed by atoms with E-state index in [9.17, 15) is 14.4 Å². The lowest BCUT2D eigenvalue weighted by Gasteiger charge is -2.37. The van der Waals surface area contributed by atoms with Gasteiger partial charge in [0.25, 0.3) is 0 Å². The van der Waals surface area contributed by atoms with Crippen molar-refractivity contribution in [1.29, 1.82) is 0 Å². The van der Waals surface area contributed by atoms with Gasteiger partial charge in [-0.15, -0.1) is 0 Å². The van der Waals surface area contributed by atoms with Gasteiger partial charge in [0.2, 0.25) is 11.8 Å². The maximum atomic E-state index is 13.9. The smallest absolute Gasteiger partial charge is 0.412 e. The topological polar surface area (TPSA) is 139 Å². The Kier molecular flexibility index (Phi) is 15.5. The number of hydrogen-bond donors (Lipinski definition) is 2. The number of carbonyl (C=O) groups excluding carboxylic acids is 3. The Balaban J connectivity index is 2.45. The molecule has 0 radical (unpaired) electrons. The number of nitrogens with two attached hydrogens (primary N) is 1. The largest absolute Gasteiger partial charge is 0.493 e. The highest BCUT2D eigenvalue weighted by Crippen LogP contribution is 2.41. The maximum Gasteiger partial charge on any atom is 0.412 e. The van der Waals surface area contributed by atoms with E-state index in [1.807, 2.05) is 60.6 Å². The number of ether oxygens (including phenoxy) is 5. The molecule has 1 heterocycles. The average molecular weight is 678 g/mol. The molecule has 1 saturated heterocycles. The van der Waals surface area contributed by atoms with Crippen molar-refractivity contribution < 1.29 is 38.1 Å². The van der Waals surface area contributed by atoms with Gasteiger partial charge in [-0.25, -0.2) is 4.79 Å². The fourth-order valence-corrected chi connectivity index (χ4v) is 6.17. The third kappa shape index (κ3) is 12.1. The Morgan fingerprint density at radius 3 is 2.21 bits per heavy atom. The predicted molar refractivity (Wildman–Crippen MR) is 187 cm³/mol. The minimum atomic E-state index is -0.971. The van der Waals surface area contributed by atoms with Gasteiger partial charge in [0, 0.05) is 32.6 Å². The van der Waals surface area contributed by atoms with Gasteiger partial charge in [0.1, 0.15) is 11.3 Å². The first-order valence-corrected chi connectivity index (χ1v) is 17.4. The molecular formula is C37H63N3O8. The van der Waals surface area contributed by atoms with Gasteiger partial charge in [0.05, 0.1) is 31.8 Å². The van der Waals surface area contributed by atoms with Crippen molar-refractivity contribution in [3.63, 3.8) is 0 Å². The molecule has 5 atom stereocenters. The van der Waals surface area contributed by atoms with Crippen molar-refractivity contribution in [2.45, 2.75) is 118 Å². The summed E-state index contributed by atoms with van der Waals surface area (Å²) in [5.74, 6) is 0.228. The number of hydrogen-bond acceptors (Lipinski definition) is 8. The van der Waals surface area contributed by atoms with Gasteiger partial charge < -0.3 is 34.7 Å². The van der Waals surface area contributed by atoms with E-state index in [0.717, 1.165) is 18.4 Å². The van der Waals surface area contributed by atoms with Crippen molar-refractivity contribution in [3.05, 3.63) is 23.8 Å². The number of nitrogens with zero attached hydrogens (tertiary/aromatic N) is 1. The van der Waals surface area contributed by atoms with E-state index in [1.54, 1.807) is 26.0 Å². The number of carbonyl (C=O) groups is 3. The highest BCUT2D eigenvalue weighted by Gasteiger charge is 2.52. The van der Waals surface area contributed by atoms with E-state index < -0.39 is 41.3 Å². The van der Waals surface area contributed by atoms with Crippen molar-refractivity contribution >= 4 is 17.9 Å². The van der Waals surface area contributed by atoms with Gasteiger partial charge >= 0.3 is 6.09 Å². The highest BCUT2D eigenvalue weighted by molar-refractivity contribution is 5.81. The molecule has 1 aromatic carbocycles. The number of amides is 3. The lowest BCUT2D eigenvalue weighted by molar-refractivity contribution is -0.129. The van der Waals surface area contributed by atoms with Crippen LogP contribution in [0.5, 0.6) is 11.5 Å². The van der Waals surface area contributed by atoms with Crippen LogP contribution < -0.4 is 20.5 Å². The minimum Gasteiger partial charge on any atom is -0.493 e. The van der Waals surface area contributed by atoms with Gasteiger partial charge in [-0.05, 0) is 89.3 Å². The Morgan fingerprint density at radius 2 is 1.67 bits per heavy atom. The second kappa shape index (κ2) is 18.1. The summed E-state index contributed by atoms with van der Waals surface area (Å²) in [4.78, 5) is 40.7. The summed E-state index contributed by atoms with van der Waals surface area (Å²) >= 11 is 0. The zero-order valence-corrected chi connectivity index (χ0v) is 31.5. The number of rotatable bonds is 18. The maximum absolute atomic E-state index is 13.9. The van der Waals surface area contributed by atoms with Crippen LogP contribution in [0.25, 0.3) is 0 Å². The molecule has 1 aromatic rings.